The number of halogens is 2. The fourth-order valence-electron chi connectivity index (χ4n) is 3.08. The summed E-state index contributed by atoms with van der Waals surface area (Å²) in [5.74, 6) is 0.0369. The third-order valence-electron chi connectivity index (χ3n) is 4.49. The summed E-state index contributed by atoms with van der Waals surface area (Å²) >= 11 is 0. The van der Waals surface area contributed by atoms with Gasteiger partial charge in [-0.1, -0.05) is 12.1 Å². The molecule has 1 aliphatic rings. The highest BCUT2D eigenvalue weighted by Crippen LogP contribution is 2.31. The number of carbonyl (C=O) groups is 1. The zero-order valence-corrected chi connectivity index (χ0v) is 16.3. The van der Waals surface area contributed by atoms with Gasteiger partial charge in [-0.05, 0) is 43.6 Å². The Morgan fingerprint density at radius 3 is 2.54 bits per heavy atom. The van der Waals surface area contributed by atoms with E-state index in [0.717, 1.165) is 37.2 Å². The molecule has 26 heavy (non-hydrogen) atoms. The van der Waals surface area contributed by atoms with Crippen molar-refractivity contribution >= 4 is 36.4 Å². The summed E-state index contributed by atoms with van der Waals surface area (Å²) in [4.78, 5) is 16.7. The van der Waals surface area contributed by atoms with Crippen molar-refractivity contribution in [3.05, 3.63) is 42.5 Å². The molecule has 9 heteroatoms. The van der Waals surface area contributed by atoms with Crippen LogP contribution < -0.4 is 10.6 Å². The maximum Gasteiger partial charge on any atom is 0.233 e. The highest BCUT2D eigenvalue weighted by Gasteiger charge is 2.39. The topological polar surface area (TPSA) is 81.1 Å². The average molecular weight is 402 g/mol. The number of aromatic nitrogens is 3. The monoisotopic (exact) mass is 401 g/mol. The number of methoxy groups -OCH3 is 1. The van der Waals surface area contributed by atoms with Gasteiger partial charge in [-0.25, -0.2) is 9.67 Å². The fourth-order valence-corrected chi connectivity index (χ4v) is 3.08. The van der Waals surface area contributed by atoms with Crippen LogP contribution in [0.1, 0.15) is 18.4 Å². The number of anilines is 1. The van der Waals surface area contributed by atoms with E-state index < -0.39 is 5.41 Å². The molecule has 0 atom stereocenters. The van der Waals surface area contributed by atoms with Crippen molar-refractivity contribution in [1.29, 1.82) is 0 Å². The number of hydrogen-bond donors (Lipinski definition) is 2. The number of carbonyl (C=O) groups excluding carboxylic acids is 1. The van der Waals surface area contributed by atoms with Crippen molar-refractivity contribution < 1.29 is 9.53 Å². The fraction of sp³-hybridized carbons (Fsp3) is 0.471. The van der Waals surface area contributed by atoms with E-state index in [1.807, 2.05) is 24.3 Å². The first-order valence-electron chi connectivity index (χ1n) is 8.14. The average Bonchev–Trinajstić information content (AvgIpc) is 3.11. The molecule has 1 saturated heterocycles. The van der Waals surface area contributed by atoms with Gasteiger partial charge in [-0.3, -0.25) is 4.79 Å². The molecule has 1 aromatic heterocycles. The van der Waals surface area contributed by atoms with Crippen molar-refractivity contribution in [2.45, 2.75) is 19.4 Å². The van der Waals surface area contributed by atoms with Crippen LogP contribution in [0.25, 0.3) is 0 Å². The summed E-state index contributed by atoms with van der Waals surface area (Å²) in [5.41, 5.74) is 1.46. The summed E-state index contributed by atoms with van der Waals surface area (Å²) in [6.45, 7) is 2.79. The molecule has 2 aromatic rings. The number of rotatable bonds is 6. The minimum Gasteiger partial charge on any atom is -0.384 e. The molecule has 3 rings (SSSR count). The second-order valence-corrected chi connectivity index (χ2v) is 6.21. The van der Waals surface area contributed by atoms with Gasteiger partial charge < -0.3 is 15.4 Å². The smallest absolute Gasteiger partial charge is 0.233 e. The van der Waals surface area contributed by atoms with E-state index in [9.17, 15) is 4.79 Å². The molecular formula is C17H25Cl2N5O2. The van der Waals surface area contributed by atoms with Gasteiger partial charge in [0.1, 0.15) is 12.7 Å². The van der Waals surface area contributed by atoms with E-state index in [1.165, 1.54) is 6.33 Å². The first-order valence-corrected chi connectivity index (χ1v) is 8.14. The van der Waals surface area contributed by atoms with Crippen LogP contribution in [0.5, 0.6) is 0 Å². The van der Waals surface area contributed by atoms with E-state index in [2.05, 4.69) is 20.7 Å². The summed E-state index contributed by atoms with van der Waals surface area (Å²) < 4.78 is 7.08. The molecule has 0 aliphatic carbocycles. The Morgan fingerprint density at radius 2 is 1.96 bits per heavy atom. The summed E-state index contributed by atoms with van der Waals surface area (Å²) in [7, 11) is 1.65. The number of piperidine rings is 1. The van der Waals surface area contributed by atoms with E-state index in [0.29, 0.717) is 13.2 Å². The molecule has 1 aliphatic heterocycles. The van der Waals surface area contributed by atoms with Crippen LogP contribution in [0, 0.1) is 5.41 Å². The summed E-state index contributed by atoms with van der Waals surface area (Å²) in [6, 6.07) is 7.82. The number of nitrogens with one attached hydrogen (secondary N) is 2. The van der Waals surface area contributed by atoms with E-state index >= 15 is 0 Å². The van der Waals surface area contributed by atoms with E-state index in [1.54, 1.807) is 18.1 Å². The molecule has 0 unspecified atom stereocenters. The Kier molecular flexibility index (Phi) is 9.01. The normalized spacial score (nSPS) is 15.4. The second-order valence-electron chi connectivity index (χ2n) is 6.21. The lowest BCUT2D eigenvalue weighted by atomic mass is 9.78. The summed E-state index contributed by atoms with van der Waals surface area (Å²) in [5, 5.41) is 10.4. The van der Waals surface area contributed by atoms with Crippen LogP contribution >= 0.6 is 24.8 Å². The highest BCUT2D eigenvalue weighted by molar-refractivity contribution is 5.95. The van der Waals surface area contributed by atoms with Gasteiger partial charge in [0.15, 0.2) is 0 Å². The molecule has 7 nitrogen and oxygen atoms in total. The van der Waals surface area contributed by atoms with Gasteiger partial charge in [0, 0.05) is 12.8 Å². The zero-order valence-electron chi connectivity index (χ0n) is 14.7. The Bertz CT molecular complexity index is 653. The Labute approximate surface area is 165 Å². The molecule has 0 saturated carbocycles. The van der Waals surface area contributed by atoms with Crippen molar-refractivity contribution in [3.63, 3.8) is 0 Å². The van der Waals surface area contributed by atoms with Gasteiger partial charge in [-0.15, -0.1) is 24.8 Å². The molecule has 1 fully saturated rings. The lowest BCUT2D eigenvalue weighted by Crippen LogP contribution is -2.47. The molecule has 2 N–H and O–H groups in total. The van der Waals surface area contributed by atoms with Crippen molar-refractivity contribution in [2.75, 3.05) is 32.1 Å². The number of benzene rings is 1. The predicted molar refractivity (Wildman–Crippen MR) is 105 cm³/mol. The van der Waals surface area contributed by atoms with Crippen LogP contribution in [-0.2, 0) is 16.1 Å². The van der Waals surface area contributed by atoms with E-state index in [-0.39, 0.29) is 30.7 Å². The number of amides is 1. The van der Waals surface area contributed by atoms with E-state index in [4.69, 9.17) is 4.74 Å². The van der Waals surface area contributed by atoms with Crippen LogP contribution in [0.4, 0.5) is 5.69 Å². The molecule has 0 radical (unpaired) electrons. The first kappa shape index (κ1) is 22.4. The highest BCUT2D eigenvalue weighted by atomic mass is 35.5. The number of hydrogen-bond acceptors (Lipinski definition) is 5. The lowest BCUT2D eigenvalue weighted by Gasteiger charge is -2.35. The predicted octanol–water partition coefficient (Wildman–Crippen LogP) is 2.12. The van der Waals surface area contributed by atoms with Crippen molar-refractivity contribution in [3.8, 4) is 0 Å². The van der Waals surface area contributed by atoms with Gasteiger partial charge >= 0.3 is 0 Å². The van der Waals surface area contributed by atoms with Crippen LogP contribution in [0.2, 0.25) is 0 Å². The molecule has 0 bridgehead atoms. The maximum atomic E-state index is 12.8. The van der Waals surface area contributed by atoms with Crippen molar-refractivity contribution in [2.24, 2.45) is 5.41 Å². The van der Waals surface area contributed by atoms with Crippen LogP contribution in [0.3, 0.4) is 0 Å². The zero-order chi connectivity index (χ0) is 16.8. The number of ether oxygens (including phenoxy) is 1. The first-order chi connectivity index (χ1) is 11.7. The van der Waals surface area contributed by atoms with Crippen molar-refractivity contribution in [1.82, 2.24) is 20.1 Å². The molecular weight excluding hydrogens is 377 g/mol. The van der Waals surface area contributed by atoms with Gasteiger partial charge in [-0.2, -0.15) is 5.10 Å². The maximum absolute atomic E-state index is 12.8. The van der Waals surface area contributed by atoms with Crippen LogP contribution in [-0.4, -0.2) is 47.5 Å². The SMILES string of the molecule is COCC1(C(=O)Nc2ccc(Cn3cncn3)cc2)CCNCC1.Cl.Cl. The molecule has 1 aromatic carbocycles. The minimum atomic E-state index is -0.445. The molecule has 2 heterocycles. The second kappa shape index (κ2) is 10.5. The Hall–Kier alpha value is -1.67. The lowest BCUT2D eigenvalue weighted by molar-refractivity contribution is -0.130. The molecule has 144 valence electrons. The Morgan fingerprint density at radius 1 is 1.27 bits per heavy atom. The molecule has 0 spiro atoms. The van der Waals surface area contributed by atoms with Crippen LogP contribution in [0.15, 0.2) is 36.9 Å². The standard InChI is InChI=1S/C17H23N5O2.2ClH/c1-24-11-17(6-8-18-9-7-17)16(23)21-15-4-2-14(3-5-15)10-22-13-19-12-20-22;;/h2-5,12-13,18H,6-11H2,1H3,(H,21,23);2*1H. The third kappa shape index (κ3) is 5.41. The van der Waals surface area contributed by atoms with Gasteiger partial charge in [0.25, 0.3) is 0 Å². The van der Waals surface area contributed by atoms with Gasteiger partial charge in [0.2, 0.25) is 5.91 Å². The Balaban J connectivity index is 0.00000169. The largest absolute Gasteiger partial charge is 0.384 e. The minimum absolute atomic E-state index is 0. The number of nitrogens with zero attached hydrogens (tertiary/aromatic N) is 3. The summed E-state index contributed by atoms with van der Waals surface area (Å²) in [6.07, 6.45) is 4.78. The quantitative estimate of drug-likeness (QED) is 0.774. The van der Waals surface area contributed by atoms with Gasteiger partial charge in [0.05, 0.1) is 18.6 Å². The molecule has 1 amide bonds. The third-order valence-corrected chi connectivity index (χ3v) is 4.49.